The Morgan fingerprint density at radius 1 is 0.929 bits per heavy atom. The first-order valence-corrected chi connectivity index (χ1v) is 21.8. The Labute approximate surface area is 338 Å². The third-order valence-corrected chi connectivity index (χ3v) is 16.9. The van der Waals surface area contributed by atoms with Crippen molar-refractivity contribution in [2.75, 3.05) is 27.2 Å². The average molecular weight is 775 g/mol. The molecule has 0 saturated heterocycles. The third-order valence-electron chi connectivity index (χ3n) is 16.9. The highest BCUT2D eigenvalue weighted by Gasteiger charge is 2.70. The number of carboxylic acids is 1. The lowest BCUT2D eigenvalue weighted by Gasteiger charge is -2.72. The largest absolute Gasteiger partial charge is 0.481 e. The van der Waals surface area contributed by atoms with E-state index in [1.807, 2.05) is 6.07 Å². The molecule has 1 aromatic carbocycles. The molecule has 6 rings (SSSR count). The third kappa shape index (κ3) is 7.24. The number of aliphatic hydroxyl groups is 1. The van der Waals surface area contributed by atoms with E-state index in [9.17, 15) is 24.6 Å². The molecule has 0 aromatic heterocycles. The molecule has 0 bridgehead atoms. The Kier molecular flexibility index (Phi) is 11.7. The fourth-order valence-corrected chi connectivity index (χ4v) is 13.9. The number of carbonyl (C=O) groups excluding carboxylic acids is 2. The van der Waals surface area contributed by atoms with Gasteiger partial charge in [0.05, 0.1) is 17.9 Å². The minimum Gasteiger partial charge on any atom is -0.481 e. The summed E-state index contributed by atoms with van der Waals surface area (Å²) in [5.74, 6) is 0.255. The fourth-order valence-electron chi connectivity index (χ4n) is 13.9. The zero-order chi connectivity index (χ0) is 41.2. The number of ketones is 1. The highest BCUT2D eigenvalue weighted by Crippen LogP contribution is 2.77. The number of fused-ring (bicyclic) bond motifs is 7. The van der Waals surface area contributed by atoms with E-state index < -0.39 is 23.5 Å². The quantitative estimate of drug-likeness (QED) is 0.170. The lowest BCUT2D eigenvalue weighted by Crippen LogP contribution is -2.65. The molecule has 10 atom stereocenters. The number of carboxylic acid groups (broad SMARTS) is 1. The monoisotopic (exact) mass is 775 g/mol. The molecular weight excluding hydrogens is 701 g/mol. The molecule has 312 valence electrons. The minimum absolute atomic E-state index is 0.0245. The number of likely N-dealkylation sites (N-methyl/N-ethyl adjacent to an activating group) is 1. The second-order valence-corrected chi connectivity index (χ2v) is 21.7. The van der Waals surface area contributed by atoms with E-state index in [1.54, 1.807) is 13.8 Å². The lowest BCUT2D eigenvalue weighted by molar-refractivity contribution is -0.234. The maximum Gasteiger partial charge on any atom is 0.309 e. The van der Waals surface area contributed by atoms with Gasteiger partial charge in [-0.15, -0.1) is 0 Å². The summed E-state index contributed by atoms with van der Waals surface area (Å²) in [5.41, 5.74) is 2.16. The lowest BCUT2D eigenvalue weighted by atomic mass is 9.33. The summed E-state index contributed by atoms with van der Waals surface area (Å²) >= 11 is 0. The topological polar surface area (TPSA) is 116 Å². The first-order chi connectivity index (χ1) is 26.0. The highest BCUT2D eigenvalue weighted by atomic mass is 16.5. The number of nitrogens with one attached hydrogen (secondary N) is 1. The van der Waals surface area contributed by atoms with Crippen molar-refractivity contribution < 1.29 is 29.3 Å². The van der Waals surface area contributed by atoms with Gasteiger partial charge < -0.3 is 25.2 Å². The summed E-state index contributed by atoms with van der Waals surface area (Å²) in [6.07, 6.45) is 8.33. The molecule has 1 aromatic rings. The molecule has 0 amide bonds. The number of aliphatic hydroxyl groups excluding tert-OH is 1. The number of benzene rings is 1. The Morgan fingerprint density at radius 2 is 1.61 bits per heavy atom. The molecule has 8 nitrogen and oxygen atoms in total. The van der Waals surface area contributed by atoms with Crippen LogP contribution in [0.4, 0.5) is 0 Å². The molecule has 4 saturated carbocycles. The van der Waals surface area contributed by atoms with Gasteiger partial charge in [-0.05, 0) is 137 Å². The van der Waals surface area contributed by atoms with Crippen LogP contribution in [0.2, 0.25) is 0 Å². The van der Waals surface area contributed by atoms with Crippen molar-refractivity contribution in [3.8, 4) is 0 Å². The van der Waals surface area contributed by atoms with Crippen LogP contribution in [0.25, 0.3) is 0 Å². The molecule has 56 heavy (non-hydrogen) atoms. The van der Waals surface area contributed by atoms with Gasteiger partial charge in [0.2, 0.25) is 0 Å². The molecule has 0 heterocycles. The van der Waals surface area contributed by atoms with Crippen LogP contribution in [-0.4, -0.2) is 72.2 Å². The predicted octanol–water partition coefficient (Wildman–Crippen LogP) is 9.02. The number of esters is 1. The second kappa shape index (κ2) is 15.2. The normalized spacial score (nSPS) is 36.4. The van der Waals surface area contributed by atoms with Crippen molar-refractivity contribution in [2.24, 2.45) is 56.2 Å². The fraction of sp³-hybridized carbons (Fsp3) is 0.771. The van der Waals surface area contributed by atoms with Crippen molar-refractivity contribution in [1.29, 1.82) is 0 Å². The first kappa shape index (κ1) is 43.0. The molecule has 1 unspecified atom stereocenters. The Balaban J connectivity index is 1.24. The van der Waals surface area contributed by atoms with Crippen LogP contribution in [0, 0.1) is 56.2 Å². The van der Waals surface area contributed by atoms with Gasteiger partial charge in [0.15, 0.2) is 5.78 Å². The summed E-state index contributed by atoms with van der Waals surface area (Å²) in [4.78, 5) is 41.3. The number of hydrogen-bond acceptors (Lipinski definition) is 7. The van der Waals surface area contributed by atoms with Gasteiger partial charge in [-0.1, -0.05) is 84.4 Å². The molecule has 0 spiro atoms. The summed E-state index contributed by atoms with van der Waals surface area (Å²) in [6, 6.07) is 10.6. The standard InChI is InChI=1S/C48H74N2O6/c1-30(2)40-35(52)26-48(25-32(51)28-49-34(29-50(10)11)31-15-13-12-14-16-31)24-23-46(8)33(41(40)48)17-18-37-45(7)21-20-38(56-39(53)27-43(3,4)42(54)55)44(5,6)36(45)19-22-47(37,46)9/h12-16,30,32-34,36-38,49,51H,17-29H2,1-11H3,(H,54,55)/t32-,33-,34+,36+,37-,38+,45+,46-,47-,48?/m1/s1. The van der Waals surface area contributed by atoms with Crippen molar-refractivity contribution >= 4 is 17.7 Å². The van der Waals surface area contributed by atoms with Gasteiger partial charge in [0.25, 0.3) is 0 Å². The number of carbonyl (C=O) groups is 3. The summed E-state index contributed by atoms with van der Waals surface area (Å²) < 4.78 is 6.19. The van der Waals surface area contributed by atoms with E-state index in [2.05, 4.69) is 97.0 Å². The molecule has 8 heteroatoms. The van der Waals surface area contributed by atoms with E-state index in [1.165, 1.54) is 11.1 Å². The Morgan fingerprint density at radius 3 is 2.23 bits per heavy atom. The van der Waals surface area contributed by atoms with Gasteiger partial charge in [-0.3, -0.25) is 14.4 Å². The first-order valence-electron chi connectivity index (χ1n) is 21.8. The number of rotatable bonds is 13. The van der Waals surface area contributed by atoms with E-state index >= 15 is 0 Å². The summed E-state index contributed by atoms with van der Waals surface area (Å²) in [5, 5.41) is 25.2. The van der Waals surface area contributed by atoms with Crippen LogP contribution in [0.3, 0.4) is 0 Å². The molecule has 0 aliphatic heterocycles. The number of nitrogens with zero attached hydrogens (tertiary/aromatic N) is 1. The van der Waals surface area contributed by atoms with Crippen LogP contribution in [0.1, 0.15) is 145 Å². The number of ether oxygens (including phenoxy) is 1. The van der Waals surface area contributed by atoms with Crippen LogP contribution in [-0.2, 0) is 19.1 Å². The van der Waals surface area contributed by atoms with Crippen LogP contribution in [0.15, 0.2) is 41.5 Å². The second-order valence-electron chi connectivity index (χ2n) is 21.7. The van der Waals surface area contributed by atoms with Gasteiger partial charge >= 0.3 is 11.9 Å². The Hall–Kier alpha value is -2.55. The molecule has 0 radical (unpaired) electrons. The van der Waals surface area contributed by atoms with Gasteiger partial charge in [0.1, 0.15) is 6.10 Å². The summed E-state index contributed by atoms with van der Waals surface area (Å²) in [6.45, 7) is 21.1. The van der Waals surface area contributed by atoms with E-state index in [0.29, 0.717) is 42.9 Å². The van der Waals surface area contributed by atoms with Gasteiger partial charge in [0, 0.05) is 36.4 Å². The Bertz CT molecular complexity index is 1680. The minimum atomic E-state index is -1.16. The zero-order valence-electron chi connectivity index (χ0n) is 36.6. The molecule has 3 N–H and O–H groups in total. The highest BCUT2D eigenvalue weighted by molar-refractivity contribution is 6.00. The van der Waals surface area contributed by atoms with Crippen molar-refractivity contribution in [3.63, 3.8) is 0 Å². The van der Waals surface area contributed by atoms with Crippen molar-refractivity contribution in [2.45, 2.75) is 151 Å². The predicted molar refractivity (Wildman–Crippen MR) is 222 cm³/mol. The average Bonchev–Trinajstić information content (AvgIpc) is 3.39. The van der Waals surface area contributed by atoms with E-state index in [0.717, 1.165) is 63.5 Å². The van der Waals surface area contributed by atoms with Crippen LogP contribution >= 0.6 is 0 Å². The van der Waals surface area contributed by atoms with Crippen LogP contribution in [0.5, 0.6) is 0 Å². The molecule has 5 aliphatic carbocycles. The van der Waals surface area contributed by atoms with Crippen molar-refractivity contribution in [1.82, 2.24) is 10.2 Å². The number of hydrogen-bond donors (Lipinski definition) is 3. The smallest absolute Gasteiger partial charge is 0.309 e. The maximum absolute atomic E-state index is 14.2. The maximum atomic E-state index is 14.2. The SMILES string of the molecule is CC(C)C1=C2[C@H]3CC[C@@H]4[C@@]5(C)CC[C@H](OC(=O)CC(C)(C)C(=O)O)C(C)(C)[C@@H]5CC[C@@]4(C)[C@]3(C)CCC2(C[C@@H](O)CN[C@@H](CN(C)C)c2ccccc2)CC1=O. The van der Waals surface area contributed by atoms with Gasteiger partial charge in [-0.2, -0.15) is 0 Å². The number of allylic oxidation sites excluding steroid dienone is 2. The zero-order valence-corrected chi connectivity index (χ0v) is 36.6. The van der Waals surface area contributed by atoms with E-state index in [-0.39, 0.29) is 51.6 Å². The van der Waals surface area contributed by atoms with E-state index in [4.69, 9.17) is 4.74 Å². The van der Waals surface area contributed by atoms with Crippen LogP contribution < -0.4 is 5.32 Å². The molecule has 5 aliphatic rings. The number of aliphatic carboxylic acids is 1. The van der Waals surface area contributed by atoms with Crippen molar-refractivity contribution in [3.05, 3.63) is 47.0 Å². The van der Waals surface area contributed by atoms with Gasteiger partial charge in [-0.25, -0.2) is 0 Å². The molecular formula is C48H74N2O6. The summed E-state index contributed by atoms with van der Waals surface area (Å²) in [7, 11) is 4.17. The number of Topliss-reactive ketones (excluding diaryl/α,β-unsaturated/α-hetero) is 1. The molecule has 4 fully saturated rings.